The van der Waals surface area contributed by atoms with Crippen molar-refractivity contribution >= 4 is 11.4 Å². The Kier molecular flexibility index (Phi) is 4.10. The normalized spacial score (nSPS) is 10.6. The van der Waals surface area contributed by atoms with E-state index in [2.05, 4.69) is 0 Å². The van der Waals surface area contributed by atoms with E-state index in [-0.39, 0.29) is 23.5 Å². The summed E-state index contributed by atoms with van der Waals surface area (Å²) in [6.45, 7) is 5.81. The molecule has 2 N–H and O–H groups in total. The van der Waals surface area contributed by atoms with Crippen LogP contribution >= 0.6 is 0 Å². The first-order valence-electron chi connectivity index (χ1n) is 4.37. The molecule has 15 heavy (non-hydrogen) atoms. The Morgan fingerprint density at radius 1 is 1.33 bits per heavy atom. The van der Waals surface area contributed by atoms with E-state index in [0.717, 1.165) is 0 Å². The Hall–Kier alpha value is -1.29. The Morgan fingerprint density at radius 2 is 1.87 bits per heavy atom. The van der Waals surface area contributed by atoms with Gasteiger partial charge in [0.25, 0.3) is 5.69 Å². The third-order valence-corrected chi connectivity index (χ3v) is 2.03. The average molecular weight is 230 g/mol. The molecule has 0 fully saturated rings. The maximum atomic E-state index is 10.8. The fourth-order valence-electron chi connectivity index (χ4n) is 1.33. The molecule has 0 unspecified atom stereocenters. The summed E-state index contributed by atoms with van der Waals surface area (Å²) >= 11 is 0. The molecule has 0 bridgehead atoms. The van der Waals surface area contributed by atoms with Crippen LogP contribution in [0.25, 0.3) is 0 Å². The summed E-state index contributed by atoms with van der Waals surface area (Å²) in [7, 11) is 0. The number of rotatable bonds is 1. The van der Waals surface area contributed by atoms with Gasteiger partial charge >= 0.3 is 0 Å². The molecule has 84 valence electrons. The minimum atomic E-state index is -0.392. The highest BCUT2D eigenvalue weighted by molar-refractivity contribution is 5.54. The van der Waals surface area contributed by atoms with Crippen LogP contribution in [0.2, 0.25) is 0 Å². The molecule has 0 aliphatic heterocycles. The number of hydrogen-bond donors (Lipinski definition) is 1. The highest BCUT2D eigenvalue weighted by Crippen LogP contribution is 2.32. The van der Waals surface area contributed by atoms with Crippen LogP contribution in [0.15, 0.2) is 18.2 Å². The van der Waals surface area contributed by atoms with Gasteiger partial charge in [-0.2, -0.15) is 0 Å². The van der Waals surface area contributed by atoms with Crippen LogP contribution in [0.1, 0.15) is 26.3 Å². The van der Waals surface area contributed by atoms with E-state index in [1.54, 1.807) is 12.1 Å². The summed E-state index contributed by atoms with van der Waals surface area (Å²) in [5.41, 5.74) is 6.49. The van der Waals surface area contributed by atoms with E-state index in [0.29, 0.717) is 11.3 Å². The molecule has 5 heteroatoms. The van der Waals surface area contributed by atoms with Crippen LogP contribution in [-0.4, -0.2) is 4.92 Å². The number of nitro benzene ring substituents is 1. The lowest BCUT2D eigenvalue weighted by atomic mass is 9.86. The third-order valence-electron chi connectivity index (χ3n) is 2.03. The van der Waals surface area contributed by atoms with E-state index in [1.165, 1.54) is 6.07 Å². The van der Waals surface area contributed by atoms with E-state index >= 15 is 0 Å². The molecule has 0 atom stereocenters. The second-order valence-corrected chi connectivity index (χ2v) is 4.28. The van der Waals surface area contributed by atoms with Crippen molar-refractivity contribution in [3.05, 3.63) is 33.9 Å². The Bertz CT molecular complexity index is 372. The topological polar surface area (TPSA) is 69.2 Å². The van der Waals surface area contributed by atoms with Crippen molar-refractivity contribution in [1.82, 2.24) is 0 Å². The monoisotopic (exact) mass is 229 g/mol. The first-order chi connectivity index (χ1) is 6.32. The van der Waals surface area contributed by atoms with Gasteiger partial charge in [0.1, 0.15) is 0 Å². The molecule has 1 aromatic rings. The smallest absolute Gasteiger partial charge is 0.275 e. The standard InChI is InChI=1S/C10H14N2O2.ClH/c1-10(2,3)8-5-4-7(11)6-9(8)12(13)14;/h4-6H,11H2,1-3H3;1H/p-1. The molecule has 0 spiro atoms. The summed E-state index contributed by atoms with van der Waals surface area (Å²) in [6.07, 6.45) is 0. The molecule has 0 saturated heterocycles. The van der Waals surface area contributed by atoms with Gasteiger partial charge in [0.15, 0.2) is 0 Å². The lowest BCUT2D eigenvalue weighted by Crippen LogP contribution is -3.00. The van der Waals surface area contributed by atoms with Crippen molar-refractivity contribution in [3.8, 4) is 0 Å². The van der Waals surface area contributed by atoms with Gasteiger partial charge in [0, 0.05) is 17.3 Å². The van der Waals surface area contributed by atoms with E-state index < -0.39 is 4.92 Å². The second kappa shape index (κ2) is 4.49. The SMILES string of the molecule is CC(C)(C)c1ccc(N)cc1[N+](=O)[O-].[Cl-]. The maximum absolute atomic E-state index is 10.8. The van der Waals surface area contributed by atoms with Gasteiger partial charge in [0.2, 0.25) is 0 Å². The van der Waals surface area contributed by atoms with Crippen LogP contribution < -0.4 is 18.1 Å². The van der Waals surface area contributed by atoms with Gasteiger partial charge in [0.05, 0.1) is 4.92 Å². The minimum Gasteiger partial charge on any atom is -1.00 e. The predicted molar refractivity (Wildman–Crippen MR) is 56.2 cm³/mol. The fraction of sp³-hybridized carbons (Fsp3) is 0.400. The molecule has 0 radical (unpaired) electrons. The molecular formula is C10H14ClN2O2-. The van der Waals surface area contributed by atoms with E-state index in [1.807, 2.05) is 20.8 Å². The van der Waals surface area contributed by atoms with Crippen molar-refractivity contribution in [2.75, 3.05) is 5.73 Å². The lowest BCUT2D eigenvalue weighted by molar-refractivity contribution is -0.385. The van der Waals surface area contributed by atoms with Crippen LogP contribution in [-0.2, 0) is 5.41 Å². The summed E-state index contributed by atoms with van der Waals surface area (Å²) in [4.78, 5) is 10.4. The third kappa shape index (κ3) is 3.09. The van der Waals surface area contributed by atoms with Crippen LogP contribution in [0, 0.1) is 10.1 Å². The van der Waals surface area contributed by atoms with Gasteiger partial charge in [-0.1, -0.05) is 20.8 Å². The first kappa shape index (κ1) is 13.7. The molecule has 4 nitrogen and oxygen atoms in total. The van der Waals surface area contributed by atoms with Gasteiger partial charge in [-0.05, 0) is 17.5 Å². The molecule has 0 amide bonds. The van der Waals surface area contributed by atoms with E-state index in [9.17, 15) is 10.1 Å². The van der Waals surface area contributed by atoms with Crippen LogP contribution in [0.5, 0.6) is 0 Å². The molecule has 0 saturated carbocycles. The van der Waals surface area contributed by atoms with Crippen LogP contribution in [0.4, 0.5) is 11.4 Å². The number of hydrogen-bond acceptors (Lipinski definition) is 3. The van der Waals surface area contributed by atoms with E-state index in [4.69, 9.17) is 5.73 Å². The van der Waals surface area contributed by atoms with Crippen molar-refractivity contribution in [3.63, 3.8) is 0 Å². The Labute approximate surface area is 95.0 Å². The largest absolute Gasteiger partial charge is 1.00 e. The van der Waals surface area contributed by atoms with Crippen molar-refractivity contribution < 1.29 is 17.3 Å². The van der Waals surface area contributed by atoms with Crippen molar-refractivity contribution in [1.29, 1.82) is 0 Å². The second-order valence-electron chi connectivity index (χ2n) is 4.28. The number of nitrogens with zero attached hydrogens (tertiary/aromatic N) is 1. The van der Waals surface area contributed by atoms with Gasteiger partial charge in [-0.25, -0.2) is 0 Å². The van der Waals surface area contributed by atoms with Gasteiger partial charge < -0.3 is 18.1 Å². The molecule has 1 rings (SSSR count). The summed E-state index contributed by atoms with van der Waals surface area (Å²) in [5.74, 6) is 0. The zero-order valence-electron chi connectivity index (χ0n) is 8.95. The van der Waals surface area contributed by atoms with Gasteiger partial charge in [-0.3, -0.25) is 10.1 Å². The van der Waals surface area contributed by atoms with Crippen molar-refractivity contribution in [2.45, 2.75) is 26.2 Å². The van der Waals surface area contributed by atoms with Crippen molar-refractivity contribution in [2.24, 2.45) is 0 Å². The summed E-state index contributed by atoms with van der Waals surface area (Å²) < 4.78 is 0. The molecule has 0 aromatic heterocycles. The Balaban J connectivity index is 0.00000196. The maximum Gasteiger partial charge on any atom is 0.275 e. The van der Waals surface area contributed by atoms with Crippen LogP contribution in [0.3, 0.4) is 0 Å². The number of nitrogens with two attached hydrogens (primary N) is 1. The first-order valence-corrected chi connectivity index (χ1v) is 4.37. The number of benzene rings is 1. The molecule has 0 aliphatic carbocycles. The zero-order chi connectivity index (χ0) is 10.9. The molecular weight excluding hydrogens is 216 g/mol. The lowest BCUT2D eigenvalue weighted by Gasteiger charge is -2.18. The minimum absolute atomic E-state index is 0. The number of nitrogen functional groups attached to an aromatic ring is 1. The highest BCUT2D eigenvalue weighted by Gasteiger charge is 2.24. The molecule has 0 heterocycles. The number of nitro groups is 1. The summed E-state index contributed by atoms with van der Waals surface area (Å²) in [6, 6.07) is 4.81. The van der Waals surface area contributed by atoms with Gasteiger partial charge in [-0.15, -0.1) is 0 Å². The molecule has 1 aromatic carbocycles. The number of anilines is 1. The predicted octanol–water partition coefficient (Wildman–Crippen LogP) is -0.521. The summed E-state index contributed by atoms with van der Waals surface area (Å²) in [5, 5.41) is 10.8. The highest BCUT2D eigenvalue weighted by atomic mass is 35.5. The average Bonchev–Trinajstić information content (AvgIpc) is 2.01. The number of halogens is 1. The quantitative estimate of drug-likeness (QED) is 0.400. The molecule has 0 aliphatic rings. The Morgan fingerprint density at radius 3 is 2.27 bits per heavy atom. The fourth-order valence-corrected chi connectivity index (χ4v) is 1.33. The zero-order valence-corrected chi connectivity index (χ0v) is 9.71.